The number of nitrogens with zero attached hydrogens (tertiary/aromatic N) is 1. The minimum Gasteiger partial charge on any atom is -0.349 e. The average Bonchev–Trinajstić information content (AvgIpc) is 3.24. The van der Waals surface area contributed by atoms with Crippen LogP contribution >= 0.6 is 0 Å². The largest absolute Gasteiger partial charge is 0.349 e. The molecule has 6 nitrogen and oxygen atoms in total. The van der Waals surface area contributed by atoms with Crippen LogP contribution in [0.2, 0.25) is 0 Å². The number of hydrogen-bond acceptors (Lipinski definition) is 3. The van der Waals surface area contributed by atoms with Gasteiger partial charge in [-0.1, -0.05) is 60.7 Å². The van der Waals surface area contributed by atoms with E-state index in [0.717, 1.165) is 34.9 Å². The predicted molar refractivity (Wildman–Crippen MR) is 125 cm³/mol. The van der Waals surface area contributed by atoms with Crippen LogP contribution in [0.4, 0.5) is 5.82 Å². The lowest BCUT2D eigenvalue weighted by molar-refractivity contribution is -0.115. The Balaban J connectivity index is 1.15. The van der Waals surface area contributed by atoms with Crippen molar-refractivity contribution < 1.29 is 9.59 Å². The summed E-state index contributed by atoms with van der Waals surface area (Å²) >= 11 is 0. The van der Waals surface area contributed by atoms with E-state index >= 15 is 0 Å². The van der Waals surface area contributed by atoms with Crippen molar-refractivity contribution in [2.45, 2.75) is 31.2 Å². The Morgan fingerprint density at radius 2 is 1.69 bits per heavy atom. The molecule has 0 atom stereocenters. The van der Waals surface area contributed by atoms with Crippen LogP contribution in [0.15, 0.2) is 78.9 Å². The van der Waals surface area contributed by atoms with E-state index in [4.69, 9.17) is 0 Å². The molecule has 160 valence electrons. The third-order valence-electron chi connectivity index (χ3n) is 6.05. The topological polar surface area (TPSA) is 86.9 Å². The number of rotatable bonds is 6. The highest BCUT2D eigenvalue weighted by molar-refractivity contribution is 5.96. The van der Waals surface area contributed by atoms with Gasteiger partial charge < -0.3 is 10.6 Å². The molecule has 0 radical (unpaired) electrons. The average molecular weight is 425 g/mol. The predicted octanol–water partition coefficient (Wildman–Crippen LogP) is 4.42. The Morgan fingerprint density at radius 3 is 2.53 bits per heavy atom. The maximum Gasteiger partial charge on any atom is 0.251 e. The maximum atomic E-state index is 12.6. The Kier molecular flexibility index (Phi) is 5.42. The second kappa shape index (κ2) is 8.67. The highest BCUT2D eigenvalue weighted by Crippen LogP contribution is 2.36. The summed E-state index contributed by atoms with van der Waals surface area (Å²) in [4.78, 5) is 24.9. The van der Waals surface area contributed by atoms with Gasteiger partial charge in [0, 0.05) is 29.3 Å². The van der Waals surface area contributed by atoms with E-state index in [2.05, 4.69) is 20.8 Å². The van der Waals surface area contributed by atoms with Crippen LogP contribution in [0.3, 0.4) is 0 Å². The molecular formula is C26H24N4O2. The van der Waals surface area contributed by atoms with Crippen molar-refractivity contribution in [3.8, 4) is 0 Å². The van der Waals surface area contributed by atoms with Crippen LogP contribution < -0.4 is 10.6 Å². The second-order valence-corrected chi connectivity index (χ2v) is 8.28. The number of H-pyrrole nitrogens is 1. The number of aromatic amines is 1. The Hall–Kier alpha value is -3.93. The first kappa shape index (κ1) is 20.0. The maximum absolute atomic E-state index is 12.6. The molecule has 6 heteroatoms. The molecule has 0 spiro atoms. The molecule has 0 bridgehead atoms. The molecule has 5 rings (SSSR count). The van der Waals surface area contributed by atoms with E-state index in [0.29, 0.717) is 23.7 Å². The van der Waals surface area contributed by atoms with Gasteiger partial charge in [-0.05, 0) is 41.3 Å². The normalized spacial score (nSPS) is 17.5. The SMILES string of the molecule is O=C(Cc1cccc2ccccc12)Nc1cc(C2CC(NC(=O)c3ccccc3)C2)[nH]n1. The van der Waals surface area contributed by atoms with Gasteiger partial charge in [-0.3, -0.25) is 14.7 Å². The lowest BCUT2D eigenvalue weighted by atomic mass is 9.78. The van der Waals surface area contributed by atoms with Crippen molar-refractivity contribution in [1.29, 1.82) is 0 Å². The zero-order chi connectivity index (χ0) is 21.9. The van der Waals surface area contributed by atoms with Crippen molar-refractivity contribution in [3.05, 3.63) is 95.7 Å². The van der Waals surface area contributed by atoms with E-state index in [1.807, 2.05) is 78.9 Å². The van der Waals surface area contributed by atoms with Gasteiger partial charge in [-0.15, -0.1) is 0 Å². The van der Waals surface area contributed by atoms with Crippen molar-refractivity contribution >= 4 is 28.4 Å². The van der Waals surface area contributed by atoms with Crippen LogP contribution in [0.25, 0.3) is 10.8 Å². The minimum atomic E-state index is -0.0963. The summed E-state index contributed by atoms with van der Waals surface area (Å²) in [6.45, 7) is 0. The molecule has 0 aliphatic heterocycles. The highest BCUT2D eigenvalue weighted by atomic mass is 16.2. The molecule has 3 N–H and O–H groups in total. The van der Waals surface area contributed by atoms with Crippen LogP contribution in [-0.2, 0) is 11.2 Å². The fourth-order valence-corrected chi connectivity index (χ4v) is 4.26. The first-order valence-corrected chi connectivity index (χ1v) is 10.8. The molecule has 1 aromatic heterocycles. The fourth-order valence-electron chi connectivity index (χ4n) is 4.26. The molecular weight excluding hydrogens is 400 g/mol. The Bertz CT molecular complexity index is 1250. The number of benzene rings is 3. The summed E-state index contributed by atoms with van der Waals surface area (Å²) in [7, 11) is 0. The van der Waals surface area contributed by atoms with Crippen LogP contribution in [0.5, 0.6) is 0 Å². The number of anilines is 1. The fraction of sp³-hybridized carbons (Fsp3) is 0.192. The third kappa shape index (κ3) is 4.25. The molecule has 1 heterocycles. The first-order chi connectivity index (χ1) is 15.7. The molecule has 4 aromatic rings. The van der Waals surface area contributed by atoms with Gasteiger partial charge in [-0.2, -0.15) is 5.10 Å². The van der Waals surface area contributed by atoms with E-state index in [1.165, 1.54) is 0 Å². The van der Waals surface area contributed by atoms with Gasteiger partial charge in [0.15, 0.2) is 5.82 Å². The number of nitrogens with one attached hydrogen (secondary N) is 3. The summed E-state index contributed by atoms with van der Waals surface area (Å²) in [6, 6.07) is 25.3. The van der Waals surface area contributed by atoms with E-state index < -0.39 is 0 Å². The van der Waals surface area contributed by atoms with E-state index in [1.54, 1.807) is 0 Å². The van der Waals surface area contributed by atoms with Gasteiger partial charge in [-0.25, -0.2) is 0 Å². The Morgan fingerprint density at radius 1 is 0.938 bits per heavy atom. The summed E-state index contributed by atoms with van der Waals surface area (Å²) < 4.78 is 0. The van der Waals surface area contributed by atoms with Gasteiger partial charge in [0.05, 0.1) is 6.42 Å². The summed E-state index contributed by atoms with van der Waals surface area (Å²) in [5, 5.41) is 15.5. The van der Waals surface area contributed by atoms with Crippen LogP contribution in [0.1, 0.15) is 40.4 Å². The van der Waals surface area contributed by atoms with E-state index in [-0.39, 0.29) is 17.9 Å². The van der Waals surface area contributed by atoms with Gasteiger partial charge >= 0.3 is 0 Å². The molecule has 2 amide bonds. The molecule has 32 heavy (non-hydrogen) atoms. The summed E-state index contributed by atoms with van der Waals surface area (Å²) in [6.07, 6.45) is 1.99. The molecule has 0 unspecified atom stereocenters. The first-order valence-electron chi connectivity index (χ1n) is 10.8. The molecule has 1 saturated carbocycles. The minimum absolute atomic E-state index is 0.0416. The van der Waals surface area contributed by atoms with Gasteiger partial charge in [0.1, 0.15) is 0 Å². The Labute approximate surface area is 186 Å². The number of fused-ring (bicyclic) bond motifs is 1. The molecule has 1 aliphatic rings. The summed E-state index contributed by atoms with van der Waals surface area (Å²) in [5.74, 6) is 0.690. The van der Waals surface area contributed by atoms with Crippen LogP contribution in [0, 0.1) is 0 Å². The second-order valence-electron chi connectivity index (χ2n) is 8.28. The van der Waals surface area contributed by atoms with Gasteiger partial charge in [0.2, 0.25) is 5.91 Å². The van der Waals surface area contributed by atoms with Crippen molar-refractivity contribution in [2.75, 3.05) is 5.32 Å². The monoisotopic (exact) mass is 424 g/mol. The van der Waals surface area contributed by atoms with Crippen molar-refractivity contribution in [3.63, 3.8) is 0 Å². The van der Waals surface area contributed by atoms with E-state index in [9.17, 15) is 9.59 Å². The van der Waals surface area contributed by atoms with Gasteiger partial charge in [0.25, 0.3) is 5.91 Å². The van der Waals surface area contributed by atoms with Crippen molar-refractivity contribution in [2.24, 2.45) is 0 Å². The quantitative estimate of drug-likeness (QED) is 0.428. The number of aromatic nitrogens is 2. The number of carbonyl (C=O) groups is 2. The van der Waals surface area contributed by atoms with Crippen LogP contribution in [-0.4, -0.2) is 28.1 Å². The zero-order valence-electron chi connectivity index (χ0n) is 17.5. The lowest BCUT2D eigenvalue weighted by Crippen LogP contribution is -2.43. The summed E-state index contributed by atoms with van der Waals surface area (Å²) in [5.41, 5.74) is 2.65. The molecule has 3 aromatic carbocycles. The standard InChI is InChI=1S/C26H24N4O2/c31-25(15-19-11-6-10-17-7-4-5-12-22(17)19)28-24-16-23(29-30-24)20-13-21(14-20)27-26(32)18-8-2-1-3-9-18/h1-12,16,20-21H,13-15H2,(H,27,32)(H2,28,29,30,31). The smallest absolute Gasteiger partial charge is 0.251 e. The van der Waals surface area contributed by atoms with Crippen molar-refractivity contribution in [1.82, 2.24) is 15.5 Å². The zero-order valence-corrected chi connectivity index (χ0v) is 17.5. The molecule has 1 fully saturated rings. The highest BCUT2D eigenvalue weighted by Gasteiger charge is 2.33. The third-order valence-corrected chi connectivity index (χ3v) is 6.05. The molecule has 0 saturated heterocycles. The lowest BCUT2D eigenvalue weighted by Gasteiger charge is -2.35. The number of hydrogen-bond donors (Lipinski definition) is 3. The number of amides is 2. The number of carbonyl (C=O) groups excluding carboxylic acids is 2. The molecule has 1 aliphatic carbocycles.